The van der Waals surface area contributed by atoms with Crippen LogP contribution in [0.4, 0.5) is 5.69 Å². The lowest BCUT2D eigenvalue weighted by Gasteiger charge is -2.40. The van der Waals surface area contributed by atoms with E-state index in [9.17, 15) is 53.4 Å². The summed E-state index contributed by atoms with van der Waals surface area (Å²) in [6.45, 7) is 13.3. The SMILES string of the molecule is CC[C@@]1(OC(=O)[C@H](NC(=O)[C@@H](CC(N)=O)NC(=O)[C@@H](CC(C)C)NC(=O)CNC(=O)[C@H](CC(C)C)NC(=O)[C@H]2CCCN2C(=S)Nc2ccc(OC3O[C@H](C)[C@H](O)[C@H](OC)[C@@H]3O)cc2)C(C)C)C(=O)OCc2c1cc1n(c2=O)Cc2cc3ccccc3nc2-1. The van der Waals surface area contributed by atoms with Gasteiger partial charge in [0.15, 0.2) is 5.11 Å². The highest BCUT2D eigenvalue weighted by molar-refractivity contribution is 7.80. The van der Waals surface area contributed by atoms with Crippen molar-refractivity contribution in [3.05, 3.63) is 87.7 Å². The van der Waals surface area contributed by atoms with E-state index in [-0.39, 0.29) is 60.5 Å². The number of rotatable bonds is 24. The molecule has 11 atom stereocenters. The van der Waals surface area contributed by atoms with Gasteiger partial charge >= 0.3 is 11.9 Å². The highest BCUT2D eigenvalue weighted by Gasteiger charge is 2.52. The number of carbonyl (C=O) groups excluding carboxylic acids is 8. The van der Waals surface area contributed by atoms with Crippen molar-refractivity contribution in [2.75, 3.05) is 25.5 Å². The van der Waals surface area contributed by atoms with Gasteiger partial charge in [0, 0.05) is 35.9 Å². The van der Waals surface area contributed by atoms with Crippen molar-refractivity contribution in [2.45, 2.75) is 174 Å². The van der Waals surface area contributed by atoms with Crippen molar-refractivity contribution >= 4 is 81.3 Å². The van der Waals surface area contributed by atoms with Gasteiger partial charge in [-0.1, -0.05) is 66.7 Å². The Hall–Kier alpha value is -8.11. The molecule has 0 bridgehead atoms. The van der Waals surface area contributed by atoms with Gasteiger partial charge in [-0.25, -0.2) is 14.6 Å². The summed E-state index contributed by atoms with van der Waals surface area (Å²) in [6.07, 6.45) is -4.64. The summed E-state index contributed by atoms with van der Waals surface area (Å²) < 4.78 is 30.0. The average molecular weight is 1250 g/mol. The summed E-state index contributed by atoms with van der Waals surface area (Å²) in [5.41, 5.74) is 6.18. The number of esters is 2. The van der Waals surface area contributed by atoms with Crippen LogP contribution in [0.5, 0.6) is 5.75 Å². The first-order valence-corrected chi connectivity index (χ1v) is 30.4. The molecule has 0 spiro atoms. The number of nitrogens with one attached hydrogen (secondary N) is 6. The van der Waals surface area contributed by atoms with Gasteiger partial charge < -0.3 is 81.0 Å². The smallest absolute Gasteiger partial charge is 0.355 e. The molecule has 6 amide bonds. The highest BCUT2D eigenvalue weighted by atomic mass is 32.1. The fourth-order valence-electron chi connectivity index (χ4n) is 11.6. The van der Waals surface area contributed by atoms with Gasteiger partial charge in [0.05, 0.1) is 48.1 Å². The number of primary amides is 1. The molecule has 4 aliphatic heterocycles. The van der Waals surface area contributed by atoms with Gasteiger partial charge in [0.2, 0.25) is 47.3 Å². The zero-order valence-corrected chi connectivity index (χ0v) is 52.1. The number of ether oxygens (including phenoxy) is 5. The Morgan fingerprint density at radius 1 is 0.865 bits per heavy atom. The van der Waals surface area contributed by atoms with E-state index in [4.69, 9.17) is 46.6 Å². The number of cyclic esters (lactones) is 1. The second-order valence-corrected chi connectivity index (χ2v) is 24.5. The minimum atomic E-state index is -2.14. The Balaban J connectivity index is 0.877. The van der Waals surface area contributed by atoms with E-state index in [1.165, 1.54) is 11.7 Å². The van der Waals surface area contributed by atoms with E-state index in [1.54, 1.807) is 76.8 Å². The van der Waals surface area contributed by atoms with Crippen LogP contribution >= 0.6 is 12.2 Å². The Morgan fingerprint density at radius 3 is 2.19 bits per heavy atom. The molecule has 89 heavy (non-hydrogen) atoms. The summed E-state index contributed by atoms with van der Waals surface area (Å²) >= 11 is 5.75. The molecule has 8 rings (SSSR count). The number of aliphatic hydroxyl groups excluding tert-OH is 2. The molecule has 27 heteroatoms. The third kappa shape index (κ3) is 15.1. The van der Waals surface area contributed by atoms with Crippen molar-refractivity contribution in [1.29, 1.82) is 0 Å². The van der Waals surface area contributed by atoms with Gasteiger partial charge in [-0.3, -0.25) is 33.6 Å². The molecule has 4 aliphatic rings. The fourth-order valence-corrected chi connectivity index (χ4v) is 11.9. The normalized spacial score (nSPS) is 22.4. The van der Waals surface area contributed by atoms with Crippen molar-refractivity contribution in [1.82, 2.24) is 41.0 Å². The van der Waals surface area contributed by atoms with Gasteiger partial charge in [-0.2, -0.15) is 0 Å². The predicted molar refractivity (Wildman–Crippen MR) is 327 cm³/mol. The van der Waals surface area contributed by atoms with E-state index in [0.29, 0.717) is 47.7 Å². The molecular formula is C62H80N10O16S. The van der Waals surface area contributed by atoms with Crippen molar-refractivity contribution in [3.8, 4) is 17.1 Å². The van der Waals surface area contributed by atoms with Crippen LogP contribution in [0.25, 0.3) is 22.3 Å². The number of benzene rings is 2. The summed E-state index contributed by atoms with van der Waals surface area (Å²) in [6, 6.07) is 11.3. The Morgan fingerprint density at radius 2 is 1.54 bits per heavy atom. The molecule has 0 aliphatic carbocycles. The molecule has 2 aromatic carbocycles. The van der Waals surface area contributed by atoms with E-state index in [0.717, 1.165) is 10.9 Å². The van der Waals surface area contributed by atoms with Crippen LogP contribution in [-0.4, -0.2) is 158 Å². The predicted octanol–water partition coefficient (Wildman–Crippen LogP) is 2.03. The summed E-state index contributed by atoms with van der Waals surface area (Å²) in [4.78, 5) is 131. The fraction of sp³-hybridized carbons (Fsp3) is 0.532. The molecule has 2 saturated heterocycles. The zero-order chi connectivity index (χ0) is 64.8. The largest absolute Gasteiger partial charge is 0.462 e. The number of anilines is 1. The minimum Gasteiger partial charge on any atom is -0.462 e. The molecule has 0 saturated carbocycles. The molecular weight excluding hydrogens is 1170 g/mol. The van der Waals surface area contributed by atoms with Crippen molar-refractivity contribution < 1.29 is 72.3 Å². The quantitative estimate of drug-likeness (QED) is 0.0315. The van der Waals surface area contributed by atoms with Crippen LogP contribution in [0.15, 0.2) is 65.5 Å². The number of methoxy groups -OCH3 is 1. The molecule has 6 heterocycles. The number of hydrogen-bond acceptors (Lipinski definition) is 18. The lowest BCUT2D eigenvalue weighted by molar-refractivity contribution is -0.272. The highest BCUT2D eigenvalue weighted by Crippen LogP contribution is 2.41. The first kappa shape index (κ1) is 66.8. The summed E-state index contributed by atoms with van der Waals surface area (Å²) in [5, 5.41) is 38.3. The number of carbonyl (C=O) groups is 8. The first-order chi connectivity index (χ1) is 42.2. The number of pyridine rings is 2. The third-order valence-electron chi connectivity index (χ3n) is 16.3. The van der Waals surface area contributed by atoms with Crippen LogP contribution in [0, 0.1) is 17.8 Å². The number of nitrogens with two attached hydrogens (primary N) is 1. The van der Waals surface area contributed by atoms with Crippen LogP contribution in [0.1, 0.15) is 111 Å². The van der Waals surface area contributed by atoms with Gasteiger partial charge in [0.1, 0.15) is 60.9 Å². The van der Waals surface area contributed by atoms with Crippen LogP contribution in [0.2, 0.25) is 0 Å². The molecule has 4 aromatic rings. The number of hydrogen-bond donors (Lipinski definition) is 9. The molecule has 2 fully saturated rings. The number of nitrogens with zero attached hydrogens (tertiary/aromatic N) is 3. The van der Waals surface area contributed by atoms with Crippen molar-refractivity contribution in [3.63, 3.8) is 0 Å². The summed E-state index contributed by atoms with van der Waals surface area (Å²) in [5.74, 6) is -7.55. The van der Waals surface area contributed by atoms with E-state index in [2.05, 4.69) is 31.9 Å². The number of thiocarbonyl (C=S) groups is 1. The van der Waals surface area contributed by atoms with Gasteiger partial charge in [-0.15, -0.1) is 0 Å². The number of para-hydroxylation sites is 1. The molecule has 480 valence electrons. The Kier molecular flexibility index (Phi) is 21.5. The maximum atomic E-state index is 14.4. The molecule has 2 aromatic heterocycles. The zero-order valence-electron chi connectivity index (χ0n) is 51.3. The van der Waals surface area contributed by atoms with Crippen LogP contribution < -0.4 is 47.9 Å². The number of likely N-dealkylation sites (tertiary alicyclic amines) is 1. The monoisotopic (exact) mass is 1250 g/mol. The van der Waals surface area contributed by atoms with E-state index >= 15 is 0 Å². The van der Waals surface area contributed by atoms with E-state index < -0.39 is 138 Å². The average Bonchev–Trinajstić information content (AvgIpc) is 1.72. The van der Waals surface area contributed by atoms with Crippen LogP contribution in [0.3, 0.4) is 0 Å². The Bertz CT molecular complexity index is 3420. The Labute approximate surface area is 520 Å². The second kappa shape index (κ2) is 28.6. The third-order valence-corrected chi connectivity index (χ3v) is 16.6. The summed E-state index contributed by atoms with van der Waals surface area (Å²) in [7, 11) is 1.37. The minimum absolute atomic E-state index is 0.0296. The van der Waals surface area contributed by atoms with Crippen molar-refractivity contribution in [2.24, 2.45) is 23.5 Å². The van der Waals surface area contributed by atoms with Crippen LogP contribution in [-0.2, 0) is 76.1 Å². The molecule has 10 N–H and O–H groups in total. The number of fused-ring (bicyclic) bond motifs is 5. The topological polar surface area (TPSA) is 360 Å². The first-order valence-electron chi connectivity index (χ1n) is 29.9. The number of aromatic nitrogens is 2. The number of aliphatic hydroxyl groups is 2. The number of amides is 6. The second-order valence-electron chi connectivity index (χ2n) is 24.1. The standard InChI is InChI=1S/C62H80N10O16S/c1-10-62(39-25-45-49-35(24-34-14-11-12-15-40(34)67-49)28-72(45)57(81)38(39)29-85-60(62)83)88-58(82)48(32(6)7)70-55(79)43(26-46(63)73)68-54(78)42(23-31(4)5)66-47(74)27-64-53(77)41(22-30(2)3)69-56(80)44-16-13-21-71(44)61(89)65-36-17-19-37(20-18-36)87-59-51(76)52(84-9)50(75)33(8)86-59/h11-12,14-15,17-20,24-25,30-33,41-44,48,50-52,59,75-76H,10,13,16,21-23,26-29H2,1-9H3,(H2,63,73)(H,64,77)(H,65,89)(H,66,74)(H,68,78)(H,69,80)(H,70,79)/t33-,41+,42-,43-,44-,48-,50+,51+,52+,59?,62+/m1/s1. The van der Waals surface area contributed by atoms with Gasteiger partial charge in [0.25, 0.3) is 5.56 Å². The lowest BCUT2D eigenvalue weighted by atomic mass is 9.85. The van der Waals surface area contributed by atoms with E-state index in [1.807, 2.05) is 44.2 Å². The maximum Gasteiger partial charge on any atom is 0.355 e. The molecule has 1 unspecified atom stereocenters. The molecule has 0 radical (unpaired) electrons. The maximum absolute atomic E-state index is 14.4. The molecule has 26 nitrogen and oxygen atoms in total. The lowest BCUT2D eigenvalue weighted by Crippen LogP contribution is -2.59. The van der Waals surface area contributed by atoms with Gasteiger partial charge in [-0.05, 0) is 111 Å².